The number of pyridine rings is 1. The van der Waals surface area contributed by atoms with Crippen LogP contribution in [-0.4, -0.2) is 17.4 Å². The van der Waals surface area contributed by atoms with Gasteiger partial charge >= 0.3 is 0 Å². The van der Waals surface area contributed by atoms with Crippen molar-refractivity contribution in [3.8, 4) is 0 Å². The van der Waals surface area contributed by atoms with Crippen molar-refractivity contribution >= 4 is 21.8 Å². The molecule has 1 aromatic heterocycles. The summed E-state index contributed by atoms with van der Waals surface area (Å²) < 4.78 is 14.0. The Labute approximate surface area is 119 Å². The molecule has 0 saturated heterocycles. The van der Waals surface area contributed by atoms with Gasteiger partial charge in [-0.1, -0.05) is 18.2 Å². The summed E-state index contributed by atoms with van der Waals surface area (Å²) in [6, 6.07) is 9.81. The van der Waals surface area contributed by atoms with Crippen LogP contribution >= 0.6 is 15.9 Å². The van der Waals surface area contributed by atoms with Gasteiger partial charge in [0.05, 0.1) is 0 Å². The van der Waals surface area contributed by atoms with Gasteiger partial charge in [0.25, 0.3) is 5.91 Å². The zero-order valence-electron chi connectivity index (χ0n) is 10.1. The second-order valence-corrected chi connectivity index (χ2v) is 4.78. The average molecular weight is 323 g/mol. The molecule has 0 fully saturated rings. The van der Waals surface area contributed by atoms with Gasteiger partial charge in [0.1, 0.15) is 10.4 Å². The maximum absolute atomic E-state index is 13.4. The van der Waals surface area contributed by atoms with Crippen LogP contribution in [0.2, 0.25) is 0 Å². The lowest BCUT2D eigenvalue weighted by Crippen LogP contribution is -2.25. The van der Waals surface area contributed by atoms with Crippen LogP contribution in [0.4, 0.5) is 4.39 Å². The molecule has 0 aliphatic carbocycles. The maximum atomic E-state index is 13.4. The van der Waals surface area contributed by atoms with E-state index in [0.717, 1.165) is 0 Å². The number of carbonyl (C=O) groups excluding carboxylic acids is 1. The van der Waals surface area contributed by atoms with Gasteiger partial charge in [-0.05, 0) is 46.1 Å². The quantitative estimate of drug-likeness (QED) is 0.879. The number of hydrogen-bond acceptors (Lipinski definition) is 2. The fraction of sp³-hybridized carbons (Fsp3) is 0.143. The Hall–Kier alpha value is -1.75. The largest absolute Gasteiger partial charge is 0.352 e. The molecule has 1 N–H and O–H groups in total. The highest BCUT2D eigenvalue weighted by Crippen LogP contribution is 2.08. The van der Waals surface area contributed by atoms with Crippen molar-refractivity contribution in [1.82, 2.24) is 10.3 Å². The van der Waals surface area contributed by atoms with Crippen molar-refractivity contribution in [1.29, 1.82) is 0 Å². The highest BCUT2D eigenvalue weighted by molar-refractivity contribution is 9.10. The zero-order valence-corrected chi connectivity index (χ0v) is 11.7. The SMILES string of the molecule is O=C(NCCc1ccccc1F)c1ccnc(Br)c1. The summed E-state index contributed by atoms with van der Waals surface area (Å²) in [6.07, 6.45) is 2.01. The minimum Gasteiger partial charge on any atom is -0.352 e. The first kappa shape index (κ1) is 13.7. The van der Waals surface area contributed by atoms with E-state index in [2.05, 4.69) is 26.2 Å². The highest BCUT2D eigenvalue weighted by atomic mass is 79.9. The van der Waals surface area contributed by atoms with Gasteiger partial charge < -0.3 is 5.32 Å². The van der Waals surface area contributed by atoms with Crippen molar-refractivity contribution in [3.05, 3.63) is 64.1 Å². The molecule has 0 unspecified atom stereocenters. The van der Waals surface area contributed by atoms with Gasteiger partial charge in [0, 0.05) is 18.3 Å². The van der Waals surface area contributed by atoms with Crippen molar-refractivity contribution < 1.29 is 9.18 Å². The summed E-state index contributed by atoms with van der Waals surface area (Å²) >= 11 is 3.20. The third-order valence-electron chi connectivity index (χ3n) is 2.63. The molecule has 0 spiro atoms. The molecule has 2 aromatic rings. The van der Waals surface area contributed by atoms with Crippen LogP contribution in [-0.2, 0) is 6.42 Å². The number of amides is 1. The number of aromatic nitrogens is 1. The molecule has 0 atom stereocenters. The van der Waals surface area contributed by atoms with E-state index in [0.29, 0.717) is 28.7 Å². The van der Waals surface area contributed by atoms with Gasteiger partial charge in [-0.2, -0.15) is 0 Å². The van der Waals surface area contributed by atoms with Crippen molar-refractivity contribution in [2.75, 3.05) is 6.54 Å². The van der Waals surface area contributed by atoms with Crippen molar-refractivity contribution in [2.24, 2.45) is 0 Å². The van der Waals surface area contributed by atoms with Crippen LogP contribution < -0.4 is 5.32 Å². The van der Waals surface area contributed by atoms with E-state index in [1.807, 2.05) is 0 Å². The monoisotopic (exact) mass is 322 g/mol. The second-order valence-electron chi connectivity index (χ2n) is 3.96. The highest BCUT2D eigenvalue weighted by Gasteiger charge is 2.06. The minimum absolute atomic E-state index is 0.195. The third-order valence-corrected chi connectivity index (χ3v) is 3.06. The lowest BCUT2D eigenvalue weighted by Gasteiger charge is -2.06. The maximum Gasteiger partial charge on any atom is 0.251 e. The van der Waals surface area contributed by atoms with Crippen LogP contribution in [0.3, 0.4) is 0 Å². The second kappa shape index (κ2) is 6.43. The normalized spacial score (nSPS) is 10.2. The van der Waals surface area contributed by atoms with Gasteiger partial charge in [0.15, 0.2) is 0 Å². The van der Waals surface area contributed by atoms with Crippen LogP contribution in [0.25, 0.3) is 0 Å². The fourth-order valence-electron chi connectivity index (χ4n) is 1.66. The number of halogens is 2. The predicted octanol–water partition coefficient (Wildman–Crippen LogP) is 2.96. The Kier molecular flexibility index (Phi) is 4.63. The summed E-state index contributed by atoms with van der Waals surface area (Å²) in [5, 5.41) is 2.75. The number of rotatable bonds is 4. The molecule has 98 valence electrons. The Morgan fingerprint density at radius 1 is 1.32 bits per heavy atom. The molecule has 0 radical (unpaired) electrons. The fourth-order valence-corrected chi connectivity index (χ4v) is 2.02. The van der Waals surface area contributed by atoms with E-state index in [9.17, 15) is 9.18 Å². The topological polar surface area (TPSA) is 42.0 Å². The molecular weight excluding hydrogens is 311 g/mol. The van der Waals surface area contributed by atoms with E-state index >= 15 is 0 Å². The van der Waals surface area contributed by atoms with Crippen molar-refractivity contribution in [2.45, 2.75) is 6.42 Å². The zero-order chi connectivity index (χ0) is 13.7. The molecule has 2 rings (SSSR count). The number of nitrogens with one attached hydrogen (secondary N) is 1. The van der Waals surface area contributed by atoms with Crippen LogP contribution in [0.1, 0.15) is 15.9 Å². The molecule has 0 aliphatic rings. The summed E-state index contributed by atoms with van der Waals surface area (Å²) in [5.41, 5.74) is 1.12. The standard InChI is InChI=1S/C14H12BrFN2O/c15-13-9-11(6-7-17-13)14(19)18-8-5-10-3-1-2-4-12(10)16/h1-4,6-7,9H,5,8H2,(H,18,19). The predicted molar refractivity (Wildman–Crippen MR) is 74.4 cm³/mol. The molecule has 1 amide bonds. The molecular formula is C14H12BrFN2O. The van der Waals surface area contributed by atoms with E-state index in [4.69, 9.17) is 0 Å². The lowest BCUT2D eigenvalue weighted by atomic mass is 10.1. The number of carbonyl (C=O) groups is 1. The van der Waals surface area contributed by atoms with Gasteiger partial charge in [0.2, 0.25) is 0 Å². The minimum atomic E-state index is -0.247. The molecule has 1 heterocycles. The van der Waals surface area contributed by atoms with E-state index in [1.54, 1.807) is 36.5 Å². The smallest absolute Gasteiger partial charge is 0.251 e. The number of nitrogens with zero attached hydrogens (tertiary/aromatic N) is 1. The average Bonchev–Trinajstić information content (AvgIpc) is 2.41. The third kappa shape index (κ3) is 3.86. The van der Waals surface area contributed by atoms with Gasteiger partial charge in [-0.15, -0.1) is 0 Å². The molecule has 1 aromatic carbocycles. The molecule has 19 heavy (non-hydrogen) atoms. The van der Waals surface area contributed by atoms with Crippen LogP contribution in [0, 0.1) is 5.82 Å². The molecule has 0 aliphatic heterocycles. The van der Waals surface area contributed by atoms with E-state index < -0.39 is 0 Å². The van der Waals surface area contributed by atoms with Crippen molar-refractivity contribution in [3.63, 3.8) is 0 Å². The summed E-state index contributed by atoms with van der Waals surface area (Å²) in [7, 11) is 0. The molecule has 5 heteroatoms. The Morgan fingerprint density at radius 2 is 2.11 bits per heavy atom. The van der Waals surface area contributed by atoms with E-state index in [1.165, 1.54) is 6.07 Å². The summed E-state index contributed by atoms with van der Waals surface area (Å²) in [5.74, 6) is -0.442. The van der Waals surface area contributed by atoms with Gasteiger partial charge in [-0.3, -0.25) is 4.79 Å². The van der Waals surface area contributed by atoms with Crippen LogP contribution in [0.15, 0.2) is 47.2 Å². The molecule has 3 nitrogen and oxygen atoms in total. The number of benzene rings is 1. The summed E-state index contributed by atoms with van der Waals surface area (Å²) in [4.78, 5) is 15.8. The first-order valence-corrected chi connectivity index (χ1v) is 6.59. The van der Waals surface area contributed by atoms with Crippen LogP contribution in [0.5, 0.6) is 0 Å². The molecule has 0 saturated carbocycles. The summed E-state index contributed by atoms with van der Waals surface area (Å²) in [6.45, 7) is 0.389. The molecule has 0 bridgehead atoms. The van der Waals surface area contributed by atoms with E-state index in [-0.39, 0.29) is 11.7 Å². The Morgan fingerprint density at radius 3 is 2.84 bits per heavy atom. The first-order valence-electron chi connectivity index (χ1n) is 5.80. The lowest BCUT2D eigenvalue weighted by molar-refractivity contribution is 0.0954. The Bertz CT molecular complexity index is 589. The van der Waals surface area contributed by atoms with Gasteiger partial charge in [-0.25, -0.2) is 9.37 Å². The Balaban J connectivity index is 1.90. The number of hydrogen-bond donors (Lipinski definition) is 1. The first-order chi connectivity index (χ1) is 9.16.